The summed E-state index contributed by atoms with van der Waals surface area (Å²) in [6, 6.07) is 21.5. The summed E-state index contributed by atoms with van der Waals surface area (Å²) in [4.78, 5) is 32.4. The number of anilines is 1. The summed E-state index contributed by atoms with van der Waals surface area (Å²) in [5.41, 5.74) is 1.79. The molecule has 0 saturated heterocycles. The van der Waals surface area contributed by atoms with Gasteiger partial charge in [0.15, 0.2) is 0 Å². The molecule has 34 heavy (non-hydrogen) atoms. The van der Waals surface area contributed by atoms with Crippen LogP contribution in [0.2, 0.25) is 0 Å². The minimum atomic E-state index is -0.249. The normalized spacial score (nSPS) is 11.6. The monoisotopic (exact) mass is 495 g/mol. The van der Waals surface area contributed by atoms with Crippen LogP contribution >= 0.6 is 23.1 Å². The largest absolute Gasteiger partial charge is 0.332 e. The molecule has 1 atom stereocenters. The van der Waals surface area contributed by atoms with Gasteiger partial charge in [-0.15, -0.1) is 23.1 Å². The van der Waals surface area contributed by atoms with Crippen molar-refractivity contribution >= 4 is 40.7 Å². The van der Waals surface area contributed by atoms with Crippen molar-refractivity contribution in [3.8, 4) is 0 Å². The van der Waals surface area contributed by atoms with Crippen molar-refractivity contribution in [3.63, 3.8) is 0 Å². The summed E-state index contributed by atoms with van der Waals surface area (Å²) in [7, 11) is 0. The Labute approximate surface area is 211 Å². The minimum Gasteiger partial charge on any atom is -0.332 e. The molecule has 3 rings (SSSR count). The third kappa shape index (κ3) is 7.92. The lowest BCUT2D eigenvalue weighted by molar-refractivity contribution is -0.133. The Morgan fingerprint density at radius 2 is 1.71 bits per heavy atom. The average Bonchev–Trinajstić information content (AvgIpc) is 3.37. The van der Waals surface area contributed by atoms with Gasteiger partial charge in [-0.3, -0.25) is 4.79 Å². The predicted molar refractivity (Wildman–Crippen MR) is 143 cm³/mol. The second-order valence-electron chi connectivity index (χ2n) is 8.37. The number of hydrogen-bond acceptors (Lipinski definition) is 4. The van der Waals surface area contributed by atoms with Gasteiger partial charge < -0.3 is 15.1 Å². The van der Waals surface area contributed by atoms with E-state index in [1.165, 1.54) is 0 Å². The van der Waals surface area contributed by atoms with E-state index in [1.807, 2.05) is 83.3 Å². The Balaban J connectivity index is 1.75. The third-order valence-electron chi connectivity index (χ3n) is 5.68. The van der Waals surface area contributed by atoms with Gasteiger partial charge in [-0.25, -0.2) is 4.79 Å². The first-order valence-electron chi connectivity index (χ1n) is 11.5. The summed E-state index contributed by atoms with van der Waals surface area (Å²) in [6.45, 7) is 5.80. The fourth-order valence-electron chi connectivity index (χ4n) is 3.49. The van der Waals surface area contributed by atoms with Gasteiger partial charge in [0.1, 0.15) is 6.54 Å². The summed E-state index contributed by atoms with van der Waals surface area (Å²) < 4.78 is 0. The van der Waals surface area contributed by atoms with Crippen LogP contribution in [0.1, 0.15) is 30.7 Å². The molecule has 0 aliphatic rings. The maximum absolute atomic E-state index is 13.5. The molecule has 1 heterocycles. The molecule has 180 valence electrons. The van der Waals surface area contributed by atoms with E-state index in [2.05, 4.69) is 19.2 Å². The second kappa shape index (κ2) is 13.2. The highest BCUT2D eigenvalue weighted by molar-refractivity contribution is 7.98. The van der Waals surface area contributed by atoms with Gasteiger partial charge in [-0.05, 0) is 53.4 Å². The maximum Gasteiger partial charge on any atom is 0.322 e. The van der Waals surface area contributed by atoms with Crippen LogP contribution in [-0.2, 0) is 17.9 Å². The zero-order chi connectivity index (χ0) is 24.3. The second-order valence-corrected chi connectivity index (χ2v) is 10.3. The molecule has 3 amide bonds. The lowest BCUT2D eigenvalue weighted by Crippen LogP contribution is -2.45. The van der Waals surface area contributed by atoms with E-state index in [1.54, 1.807) is 28.0 Å². The number of thioether (sulfide) groups is 1. The molecule has 0 fully saturated rings. The van der Waals surface area contributed by atoms with Gasteiger partial charge in [-0.2, -0.15) is 0 Å². The number of thiophene rings is 1. The summed E-state index contributed by atoms with van der Waals surface area (Å²) >= 11 is 3.29. The van der Waals surface area contributed by atoms with Crippen molar-refractivity contribution in [3.05, 3.63) is 82.6 Å². The fraction of sp³-hybridized carbons (Fsp3) is 0.333. The van der Waals surface area contributed by atoms with Crippen LogP contribution in [0.5, 0.6) is 0 Å². The molecule has 0 radical (unpaired) electrons. The van der Waals surface area contributed by atoms with Gasteiger partial charge in [0, 0.05) is 28.5 Å². The van der Waals surface area contributed by atoms with Crippen molar-refractivity contribution in [2.45, 2.75) is 38.3 Å². The highest BCUT2D eigenvalue weighted by Crippen LogP contribution is 2.19. The molecule has 3 aromatic rings. The Morgan fingerprint density at radius 1 is 0.971 bits per heavy atom. The van der Waals surface area contributed by atoms with E-state index in [-0.39, 0.29) is 24.4 Å². The molecular weight excluding hydrogens is 462 g/mol. The molecule has 0 aliphatic heterocycles. The zero-order valence-electron chi connectivity index (χ0n) is 20.1. The molecular formula is C27H33N3O2S2. The molecule has 2 aromatic carbocycles. The highest BCUT2D eigenvalue weighted by atomic mass is 32.2. The Morgan fingerprint density at radius 3 is 2.32 bits per heavy atom. The Kier molecular flexibility index (Phi) is 10.0. The number of hydrogen-bond donors (Lipinski definition) is 1. The minimum absolute atomic E-state index is 0.0390. The number of nitrogens with one attached hydrogen (secondary N) is 1. The van der Waals surface area contributed by atoms with Gasteiger partial charge in [0.05, 0.1) is 6.54 Å². The van der Waals surface area contributed by atoms with E-state index in [0.717, 1.165) is 27.4 Å². The zero-order valence-corrected chi connectivity index (χ0v) is 21.7. The van der Waals surface area contributed by atoms with E-state index in [4.69, 9.17) is 0 Å². The highest BCUT2D eigenvalue weighted by Gasteiger charge is 2.23. The predicted octanol–water partition coefficient (Wildman–Crippen LogP) is 6.58. The maximum atomic E-state index is 13.5. The van der Waals surface area contributed by atoms with Crippen LogP contribution in [0, 0.1) is 5.92 Å². The number of amides is 3. The number of benzene rings is 2. The molecule has 0 aliphatic carbocycles. The lowest BCUT2D eigenvalue weighted by Gasteiger charge is -2.29. The van der Waals surface area contributed by atoms with Crippen molar-refractivity contribution < 1.29 is 9.59 Å². The molecule has 7 heteroatoms. The van der Waals surface area contributed by atoms with Crippen LogP contribution in [0.25, 0.3) is 0 Å². The first-order chi connectivity index (χ1) is 16.5. The number of carbonyl (C=O) groups is 2. The van der Waals surface area contributed by atoms with Crippen LogP contribution in [0.3, 0.4) is 0 Å². The van der Waals surface area contributed by atoms with Crippen molar-refractivity contribution in [2.75, 3.05) is 24.7 Å². The first kappa shape index (κ1) is 25.8. The number of carbonyl (C=O) groups excluding carboxylic acids is 2. The van der Waals surface area contributed by atoms with Gasteiger partial charge in [0.25, 0.3) is 0 Å². The molecule has 5 nitrogen and oxygen atoms in total. The molecule has 0 bridgehead atoms. The van der Waals surface area contributed by atoms with Gasteiger partial charge >= 0.3 is 6.03 Å². The molecule has 1 unspecified atom stereocenters. The summed E-state index contributed by atoms with van der Waals surface area (Å²) in [5, 5.41) is 4.99. The lowest BCUT2D eigenvalue weighted by atomic mass is 10.1. The SMILES string of the molecule is CCC(C)CN(CC(=O)N(Cc1ccccc1)Cc1cccs1)C(=O)Nc1ccc(SC)cc1. The van der Waals surface area contributed by atoms with E-state index in [9.17, 15) is 9.59 Å². The standard InChI is InChI=1S/C27H33N3O2S2/c1-4-21(2)17-30(27(32)28-23-12-14-24(33-3)15-13-23)20-26(31)29(19-25-11-8-16-34-25)18-22-9-6-5-7-10-22/h5-16,21H,4,17-20H2,1-3H3,(H,28,32). The van der Waals surface area contributed by atoms with Crippen molar-refractivity contribution in [1.29, 1.82) is 0 Å². The summed E-state index contributed by atoms with van der Waals surface area (Å²) in [5.74, 6) is 0.228. The van der Waals surface area contributed by atoms with Crippen LogP contribution < -0.4 is 5.32 Å². The number of urea groups is 1. The molecule has 0 spiro atoms. The smallest absolute Gasteiger partial charge is 0.322 e. The number of rotatable bonds is 11. The van der Waals surface area contributed by atoms with Gasteiger partial charge in [-0.1, -0.05) is 56.7 Å². The number of nitrogens with zero attached hydrogens (tertiary/aromatic N) is 2. The van der Waals surface area contributed by atoms with Gasteiger partial charge in [0.2, 0.25) is 5.91 Å². The quantitative estimate of drug-likeness (QED) is 0.306. The molecule has 0 saturated carbocycles. The fourth-order valence-corrected chi connectivity index (χ4v) is 4.62. The molecule has 1 aromatic heterocycles. The van der Waals surface area contributed by atoms with Crippen LogP contribution in [-0.4, -0.2) is 41.1 Å². The van der Waals surface area contributed by atoms with Crippen LogP contribution in [0.15, 0.2) is 77.0 Å². The topological polar surface area (TPSA) is 52.7 Å². The van der Waals surface area contributed by atoms with E-state index in [0.29, 0.717) is 19.6 Å². The molecule has 1 N–H and O–H groups in total. The summed E-state index contributed by atoms with van der Waals surface area (Å²) in [6.07, 6.45) is 2.95. The Bertz CT molecular complexity index is 1020. The van der Waals surface area contributed by atoms with Crippen molar-refractivity contribution in [2.24, 2.45) is 5.92 Å². The first-order valence-corrected chi connectivity index (χ1v) is 13.6. The Hall–Kier alpha value is -2.77. The average molecular weight is 496 g/mol. The third-order valence-corrected chi connectivity index (χ3v) is 7.28. The van der Waals surface area contributed by atoms with Crippen molar-refractivity contribution in [1.82, 2.24) is 9.80 Å². The van der Waals surface area contributed by atoms with Crippen LogP contribution in [0.4, 0.5) is 10.5 Å². The van der Waals surface area contributed by atoms with E-state index < -0.39 is 0 Å². The van der Waals surface area contributed by atoms with E-state index >= 15 is 0 Å².